The molecule has 1 aromatic heterocycles. The Kier molecular flexibility index (Phi) is 3.17. The van der Waals surface area contributed by atoms with Gasteiger partial charge in [0.2, 0.25) is 0 Å². The molecule has 0 saturated heterocycles. The van der Waals surface area contributed by atoms with Crippen LogP contribution in [0.25, 0.3) is 5.69 Å². The van der Waals surface area contributed by atoms with E-state index < -0.39 is 0 Å². The van der Waals surface area contributed by atoms with Gasteiger partial charge in [-0.05, 0) is 46.3 Å². The van der Waals surface area contributed by atoms with Crippen LogP contribution in [0.3, 0.4) is 0 Å². The third-order valence-electron chi connectivity index (χ3n) is 2.04. The first kappa shape index (κ1) is 11.4. The fraction of sp³-hybridized carbons (Fsp3) is 0.111. The average Bonchev–Trinajstić information content (AvgIpc) is 2.64. The predicted octanol–water partition coefficient (Wildman–Crippen LogP) is 2.32. The van der Waals surface area contributed by atoms with E-state index in [-0.39, 0.29) is 12.4 Å². The number of hydrogen-bond acceptors (Lipinski definition) is 3. The van der Waals surface area contributed by atoms with Crippen LogP contribution in [0.2, 0.25) is 0 Å². The lowest BCUT2D eigenvalue weighted by atomic mass is 10.3. The molecule has 4 nitrogen and oxygen atoms in total. The van der Waals surface area contributed by atoms with Gasteiger partial charge in [0.15, 0.2) is 10.6 Å². The highest BCUT2D eigenvalue weighted by molar-refractivity contribution is 9.10. The van der Waals surface area contributed by atoms with Crippen molar-refractivity contribution in [3.63, 3.8) is 0 Å². The SMILES string of the molecule is OCc1n[nH]c(=S)n1-c1ccc(F)c(Br)c1. The molecule has 0 atom stereocenters. The van der Waals surface area contributed by atoms with Crippen LogP contribution in [0.4, 0.5) is 4.39 Å². The summed E-state index contributed by atoms with van der Waals surface area (Å²) in [7, 11) is 0. The highest BCUT2D eigenvalue weighted by Gasteiger charge is 2.08. The van der Waals surface area contributed by atoms with Crippen LogP contribution in [0.1, 0.15) is 5.82 Å². The lowest BCUT2D eigenvalue weighted by Gasteiger charge is -2.05. The lowest BCUT2D eigenvalue weighted by Crippen LogP contribution is -2.01. The minimum Gasteiger partial charge on any atom is -0.388 e. The molecule has 2 aromatic rings. The second-order valence-electron chi connectivity index (χ2n) is 3.04. The number of halogens is 2. The van der Waals surface area contributed by atoms with E-state index in [2.05, 4.69) is 26.1 Å². The third-order valence-corrected chi connectivity index (χ3v) is 2.93. The van der Waals surface area contributed by atoms with E-state index in [1.54, 1.807) is 16.7 Å². The molecule has 0 spiro atoms. The van der Waals surface area contributed by atoms with Crippen LogP contribution in [-0.4, -0.2) is 19.9 Å². The number of benzene rings is 1. The normalized spacial score (nSPS) is 10.7. The van der Waals surface area contributed by atoms with E-state index >= 15 is 0 Å². The minimum atomic E-state index is -0.357. The second-order valence-corrected chi connectivity index (χ2v) is 4.28. The quantitative estimate of drug-likeness (QED) is 0.837. The Bertz CT molecular complexity index is 580. The van der Waals surface area contributed by atoms with E-state index in [4.69, 9.17) is 17.3 Å². The van der Waals surface area contributed by atoms with Gasteiger partial charge in [-0.3, -0.25) is 9.67 Å². The van der Waals surface area contributed by atoms with Crippen molar-refractivity contribution in [2.45, 2.75) is 6.61 Å². The van der Waals surface area contributed by atoms with Gasteiger partial charge in [0.1, 0.15) is 12.4 Å². The Balaban J connectivity index is 2.62. The fourth-order valence-corrected chi connectivity index (χ4v) is 1.95. The van der Waals surface area contributed by atoms with E-state index in [0.29, 0.717) is 20.8 Å². The van der Waals surface area contributed by atoms with Gasteiger partial charge >= 0.3 is 0 Å². The molecular weight excluding hydrogens is 297 g/mol. The number of nitrogens with zero attached hydrogens (tertiary/aromatic N) is 2. The molecular formula is C9H7BrFN3OS. The molecule has 0 fully saturated rings. The first-order chi connectivity index (χ1) is 7.63. The fourth-order valence-electron chi connectivity index (χ4n) is 1.33. The Labute approximate surface area is 104 Å². The molecule has 1 aromatic carbocycles. The average molecular weight is 304 g/mol. The highest BCUT2D eigenvalue weighted by Crippen LogP contribution is 2.20. The Morgan fingerprint density at radius 3 is 2.94 bits per heavy atom. The molecule has 0 radical (unpaired) electrons. The standard InChI is InChI=1S/C9H7BrFN3OS/c10-6-3-5(1-2-7(6)11)14-8(4-15)12-13-9(14)16/h1-3,15H,4H2,(H,13,16). The molecule has 0 amide bonds. The Morgan fingerprint density at radius 1 is 1.56 bits per heavy atom. The minimum absolute atomic E-state index is 0.248. The second kappa shape index (κ2) is 4.44. The summed E-state index contributed by atoms with van der Waals surface area (Å²) >= 11 is 8.11. The molecule has 1 heterocycles. The third kappa shape index (κ3) is 1.93. The van der Waals surface area contributed by atoms with Gasteiger partial charge in [0.05, 0.1) is 10.2 Å². The molecule has 0 saturated carbocycles. The summed E-state index contributed by atoms with van der Waals surface area (Å²) in [6, 6.07) is 4.44. The van der Waals surface area contributed by atoms with Gasteiger partial charge in [0, 0.05) is 0 Å². The van der Waals surface area contributed by atoms with Crippen molar-refractivity contribution in [1.82, 2.24) is 14.8 Å². The van der Waals surface area contributed by atoms with Crippen molar-refractivity contribution in [2.75, 3.05) is 0 Å². The number of nitrogens with one attached hydrogen (secondary N) is 1. The Hall–Kier alpha value is -1.05. The molecule has 0 aliphatic heterocycles. The van der Waals surface area contributed by atoms with Crippen LogP contribution in [0.15, 0.2) is 22.7 Å². The van der Waals surface area contributed by atoms with Gasteiger partial charge in [-0.15, -0.1) is 0 Å². The van der Waals surface area contributed by atoms with Crippen LogP contribution in [0.5, 0.6) is 0 Å². The van der Waals surface area contributed by atoms with Crippen molar-refractivity contribution in [2.24, 2.45) is 0 Å². The molecule has 16 heavy (non-hydrogen) atoms. The summed E-state index contributed by atoms with van der Waals surface area (Å²) in [6.07, 6.45) is 0. The number of hydrogen-bond donors (Lipinski definition) is 2. The number of aromatic nitrogens is 3. The molecule has 0 unspecified atom stereocenters. The Morgan fingerprint density at radius 2 is 2.31 bits per heavy atom. The monoisotopic (exact) mass is 303 g/mol. The van der Waals surface area contributed by atoms with Gasteiger partial charge < -0.3 is 5.11 Å². The summed E-state index contributed by atoms with van der Waals surface area (Å²) in [4.78, 5) is 0. The largest absolute Gasteiger partial charge is 0.388 e. The number of aromatic amines is 1. The molecule has 0 bridgehead atoms. The number of rotatable bonds is 2. The maximum Gasteiger partial charge on any atom is 0.199 e. The van der Waals surface area contributed by atoms with Crippen molar-refractivity contribution >= 4 is 28.1 Å². The highest BCUT2D eigenvalue weighted by atomic mass is 79.9. The van der Waals surface area contributed by atoms with Crippen LogP contribution >= 0.6 is 28.1 Å². The maximum atomic E-state index is 13.1. The molecule has 2 N–H and O–H groups in total. The van der Waals surface area contributed by atoms with Gasteiger partial charge in [-0.1, -0.05) is 0 Å². The van der Waals surface area contributed by atoms with Gasteiger partial charge in [-0.2, -0.15) is 5.10 Å². The smallest absolute Gasteiger partial charge is 0.199 e. The van der Waals surface area contributed by atoms with Crippen LogP contribution in [-0.2, 0) is 6.61 Å². The first-order valence-electron chi connectivity index (χ1n) is 4.36. The molecule has 0 aliphatic carbocycles. The van der Waals surface area contributed by atoms with Gasteiger partial charge in [-0.25, -0.2) is 4.39 Å². The van der Waals surface area contributed by atoms with Crippen molar-refractivity contribution < 1.29 is 9.50 Å². The van der Waals surface area contributed by atoms with Gasteiger partial charge in [0.25, 0.3) is 0 Å². The van der Waals surface area contributed by atoms with E-state index in [9.17, 15) is 4.39 Å². The summed E-state index contributed by atoms with van der Waals surface area (Å²) in [5, 5.41) is 15.5. The van der Waals surface area contributed by atoms with Crippen molar-refractivity contribution in [3.8, 4) is 5.69 Å². The van der Waals surface area contributed by atoms with Crippen LogP contribution < -0.4 is 0 Å². The number of aliphatic hydroxyl groups is 1. The zero-order valence-corrected chi connectivity index (χ0v) is 10.3. The zero-order chi connectivity index (χ0) is 11.7. The molecule has 7 heteroatoms. The van der Waals surface area contributed by atoms with Crippen molar-refractivity contribution in [3.05, 3.63) is 39.1 Å². The van der Waals surface area contributed by atoms with E-state index in [1.807, 2.05) is 0 Å². The van der Waals surface area contributed by atoms with Crippen molar-refractivity contribution in [1.29, 1.82) is 0 Å². The number of aliphatic hydroxyl groups excluding tert-OH is 1. The number of H-pyrrole nitrogens is 1. The maximum absolute atomic E-state index is 13.1. The predicted molar refractivity (Wildman–Crippen MR) is 62.3 cm³/mol. The van der Waals surface area contributed by atoms with E-state index in [1.165, 1.54) is 6.07 Å². The van der Waals surface area contributed by atoms with Crippen LogP contribution in [0, 0.1) is 10.6 Å². The summed E-state index contributed by atoms with van der Waals surface area (Å²) in [5.41, 5.74) is 0.635. The molecule has 0 aliphatic rings. The first-order valence-corrected chi connectivity index (χ1v) is 5.56. The van der Waals surface area contributed by atoms with E-state index in [0.717, 1.165) is 0 Å². The summed E-state index contributed by atoms with van der Waals surface area (Å²) in [6.45, 7) is -0.248. The topological polar surface area (TPSA) is 53.8 Å². The molecule has 84 valence electrons. The molecule has 2 rings (SSSR count). The lowest BCUT2D eigenvalue weighted by molar-refractivity contribution is 0.269. The summed E-state index contributed by atoms with van der Waals surface area (Å²) in [5.74, 6) is 0.0211. The zero-order valence-electron chi connectivity index (χ0n) is 7.94. The summed E-state index contributed by atoms with van der Waals surface area (Å²) < 4.78 is 15.3.